The molecule has 0 aliphatic heterocycles. The second kappa shape index (κ2) is 10.2. The molecule has 0 saturated heterocycles. The van der Waals surface area contributed by atoms with Gasteiger partial charge >= 0.3 is 6.18 Å². The normalized spacial score (nSPS) is 11.7. The summed E-state index contributed by atoms with van der Waals surface area (Å²) in [6.45, 7) is 2.65. The van der Waals surface area contributed by atoms with Gasteiger partial charge in [-0.05, 0) is 42.7 Å². The van der Waals surface area contributed by atoms with Crippen LogP contribution in [0.25, 0.3) is 10.6 Å². The van der Waals surface area contributed by atoms with Crippen molar-refractivity contribution in [1.82, 2.24) is 4.98 Å². The Hall–Kier alpha value is -2.45. The van der Waals surface area contributed by atoms with Crippen molar-refractivity contribution < 1.29 is 22.3 Å². The number of thiazole rings is 1. The predicted molar refractivity (Wildman–Crippen MR) is 116 cm³/mol. The van der Waals surface area contributed by atoms with Crippen molar-refractivity contribution in [3.8, 4) is 10.6 Å². The quantitative estimate of drug-likeness (QED) is 0.353. The average Bonchev–Trinajstić information content (AvgIpc) is 3.15. The minimum absolute atomic E-state index is 0.252. The molecule has 0 unspecified atom stereocenters. The lowest BCUT2D eigenvalue weighted by molar-refractivity contribution is -0.137. The highest BCUT2D eigenvalue weighted by molar-refractivity contribution is 7.15. The SMILES string of the molecule is CCCCc1nc(-c2ccc(C(F)(F)F)cc2)sc1COCc1ccc(NC)c(F)c1. The molecule has 166 valence electrons. The molecule has 0 bridgehead atoms. The van der Waals surface area contributed by atoms with Gasteiger partial charge in [0, 0.05) is 12.6 Å². The number of nitrogens with zero attached hydrogens (tertiary/aromatic N) is 1. The molecule has 1 aromatic heterocycles. The van der Waals surface area contributed by atoms with Gasteiger partial charge in [0.05, 0.1) is 35.0 Å². The van der Waals surface area contributed by atoms with E-state index >= 15 is 0 Å². The van der Waals surface area contributed by atoms with E-state index in [9.17, 15) is 17.6 Å². The van der Waals surface area contributed by atoms with Gasteiger partial charge in [-0.3, -0.25) is 0 Å². The summed E-state index contributed by atoms with van der Waals surface area (Å²) in [5.74, 6) is -0.338. The van der Waals surface area contributed by atoms with E-state index in [1.54, 1.807) is 19.2 Å². The average molecular weight is 453 g/mol. The molecular weight excluding hydrogens is 428 g/mol. The minimum Gasteiger partial charge on any atom is -0.386 e. The topological polar surface area (TPSA) is 34.1 Å². The van der Waals surface area contributed by atoms with Crippen LogP contribution in [0.15, 0.2) is 42.5 Å². The van der Waals surface area contributed by atoms with Crippen molar-refractivity contribution in [3.05, 3.63) is 70.0 Å². The molecule has 0 atom stereocenters. The highest BCUT2D eigenvalue weighted by atomic mass is 32.1. The summed E-state index contributed by atoms with van der Waals surface area (Å²) in [6.07, 6.45) is -1.63. The van der Waals surface area contributed by atoms with Crippen LogP contribution in [-0.2, 0) is 30.5 Å². The number of benzene rings is 2. The van der Waals surface area contributed by atoms with Gasteiger partial charge in [-0.2, -0.15) is 13.2 Å². The third-order valence-electron chi connectivity index (χ3n) is 4.81. The number of anilines is 1. The van der Waals surface area contributed by atoms with Gasteiger partial charge in [0.2, 0.25) is 0 Å². The van der Waals surface area contributed by atoms with Crippen LogP contribution in [0.4, 0.5) is 23.2 Å². The van der Waals surface area contributed by atoms with Crippen LogP contribution in [0.2, 0.25) is 0 Å². The maximum Gasteiger partial charge on any atom is 0.416 e. The maximum absolute atomic E-state index is 13.9. The standard InChI is InChI=1S/C23H24F4N2OS/c1-3-4-5-20-21(14-30-13-15-6-11-19(28-2)18(24)12-15)31-22(29-20)16-7-9-17(10-8-16)23(25,26)27/h6-12,28H,3-5,13-14H2,1-2H3. The molecule has 0 spiro atoms. The van der Waals surface area contributed by atoms with E-state index < -0.39 is 11.7 Å². The summed E-state index contributed by atoms with van der Waals surface area (Å²) in [5.41, 5.74) is 2.01. The fourth-order valence-electron chi connectivity index (χ4n) is 3.07. The van der Waals surface area contributed by atoms with Crippen molar-refractivity contribution >= 4 is 17.0 Å². The molecule has 0 aliphatic carbocycles. The van der Waals surface area contributed by atoms with Crippen molar-refractivity contribution in [2.24, 2.45) is 0 Å². The number of rotatable bonds is 9. The zero-order valence-electron chi connectivity index (χ0n) is 17.4. The highest BCUT2D eigenvalue weighted by Crippen LogP contribution is 2.33. The number of nitrogens with one attached hydrogen (secondary N) is 1. The van der Waals surface area contributed by atoms with Crippen LogP contribution in [0, 0.1) is 5.82 Å². The lowest BCUT2D eigenvalue weighted by Crippen LogP contribution is -2.03. The van der Waals surface area contributed by atoms with Crippen molar-refractivity contribution in [1.29, 1.82) is 0 Å². The van der Waals surface area contributed by atoms with Gasteiger partial charge < -0.3 is 10.1 Å². The van der Waals surface area contributed by atoms with Crippen LogP contribution in [0.5, 0.6) is 0 Å². The number of hydrogen-bond donors (Lipinski definition) is 1. The number of halogens is 4. The first-order valence-corrected chi connectivity index (χ1v) is 10.8. The molecule has 0 saturated carbocycles. The molecule has 1 N–H and O–H groups in total. The van der Waals surface area contributed by atoms with E-state index in [0.29, 0.717) is 22.9 Å². The van der Waals surface area contributed by atoms with Gasteiger partial charge in [-0.25, -0.2) is 9.37 Å². The second-order valence-electron chi connectivity index (χ2n) is 7.12. The Labute approximate surface area is 183 Å². The number of unbranched alkanes of at least 4 members (excludes halogenated alkanes) is 1. The Morgan fingerprint density at radius 3 is 2.42 bits per heavy atom. The Bertz CT molecular complexity index is 1000. The third kappa shape index (κ3) is 6.04. The molecule has 1 heterocycles. The summed E-state index contributed by atoms with van der Waals surface area (Å²) in [5, 5.41) is 3.45. The fourth-order valence-corrected chi connectivity index (χ4v) is 4.12. The lowest BCUT2D eigenvalue weighted by Gasteiger charge is -2.07. The molecule has 8 heteroatoms. The van der Waals surface area contributed by atoms with Gasteiger partial charge in [-0.15, -0.1) is 11.3 Å². The first-order valence-electron chi connectivity index (χ1n) is 10.0. The van der Waals surface area contributed by atoms with Crippen LogP contribution in [0.1, 0.15) is 41.5 Å². The molecule has 0 aliphatic rings. The number of aryl methyl sites for hydroxylation is 1. The van der Waals surface area contributed by atoms with Gasteiger partial charge in [0.1, 0.15) is 10.8 Å². The Balaban J connectivity index is 1.73. The van der Waals surface area contributed by atoms with E-state index in [1.165, 1.54) is 29.5 Å². The van der Waals surface area contributed by atoms with Gasteiger partial charge in [0.25, 0.3) is 0 Å². The smallest absolute Gasteiger partial charge is 0.386 e. The summed E-state index contributed by atoms with van der Waals surface area (Å²) in [7, 11) is 1.66. The van der Waals surface area contributed by atoms with Gasteiger partial charge in [0.15, 0.2) is 0 Å². The van der Waals surface area contributed by atoms with Crippen LogP contribution in [0.3, 0.4) is 0 Å². The first kappa shape index (κ1) is 23.2. The number of aromatic nitrogens is 1. The number of hydrogen-bond acceptors (Lipinski definition) is 4. The number of ether oxygens (including phenoxy) is 1. The minimum atomic E-state index is -4.36. The fraction of sp³-hybridized carbons (Fsp3) is 0.348. The molecule has 0 amide bonds. The summed E-state index contributed by atoms with van der Waals surface area (Å²) in [6, 6.07) is 9.93. The second-order valence-corrected chi connectivity index (χ2v) is 8.21. The molecule has 0 fully saturated rings. The molecule has 0 radical (unpaired) electrons. The summed E-state index contributed by atoms with van der Waals surface area (Å²) < 4.78 is 58.2. The van der Waals surface area contributed by atoms with E-state index in [2.05, 4.69) is 17.2 Å². The van der Waals surface area contributed by atoms with Crippen LogP contribution in [-0.4, -0.2) is 12.0 Å². The monoisotopic (exact) mass is 452 g/mol. The highest BCUT2D eigenvalue weighted by Gasteiger charge is 2.30. The molecule has 2 aromatic carbocycles. The predicted octanol–water partition coefficient (Wildman–Crippen LogP) is 7.07. The molecule has 3 aromatic rings. The van der Waals surface area contributed by atoms with Crippen molar-refractivity contribution in [3.63, 3.8) is 0 Å². The van der Waals surface area contributed by atoms with E-state index in [1.807, 2.05) is 0 Å². The van der Waals surface area contributed by atoms with E-state index in [-0.39, 0.29) is 12.4 Å². The van der Waals surface area contributed by atoms with Crippen molar-refractivity contribution in [2.75, 3.05) is 12.4 Å². The number of alkyl halides is 3. The van der Waals surface area contributed by atoms with E-state index in [4.69, 9.17) is 4.74 Å². The largest absolute Gasteiger partial charge is 0.416 e. The Morgan fingerprint density at radius 2 is 1.81 bits per heavy atom. The van der Waals surface area contributed by atoms with Crippen LogP contribution < -0.4 is 5.32 Å². The first-order chi connectivity index (χ1) is 14.8. The molecular formula is C23H24F4N2OS. The molecule has 3 rings (SSSR count). The lowest BCUT2D eigenvalue weighted by atomic mass is 10.1. The molecule has 3 nitrogen and oxygen atoms in total. The summed E-state index contributed by atoms with van der Waals surface area (Å²) >= 11 is 1.42. The van der Waals surface area contributed by atoms with Gasteiger partial charge in [-0.1, -0.05) is 31.5 Å². The Kier molecular flexibility index (Phi) is 7.67. The van der Waals surface area contributed by atoms with Crippen molar-refractivity contribution in [2.45, 2.75) is 45.6 Å². The van der Waals surface area contributed by atoms with E-state index in [0.717, 1.165) is 47.5 Å². The maximum atomic E-state index is 13.9. The Morgan fingerprint density at radius 1 is 1.06 bits per heavy atom. The summed E-state index contributed by atoms with van der Waals surface area (Å²) in [4.78, 5) is 5.60. The molecule has 31 heavy (non-hydrogen) atoms. The third-order valence-corrected chi connectivity index (χ3v) is 5.93. The zero-order valence-corrected chi connectivity index (χ0v) is 18.2. The van der Waals surface area contributed by atoms with Crippen LogP contribution >= 0.6 is 11.3 Å². The zero-order chi connectivity index (χ0) is 22.4.